The maximum atomic E-state index is 12.4. The molecule has 0 bridgehead atoms. The Bertz CT molecular complexity index is 1130. The lowest BCUT2D eigenvalue weighted by atomic mass is 10.1. The van der Waals surface area contributed by atoms with Gasteiger partial charge in [-0.1, -0.05) is 0 Å². The molecule has 0 aliphatic carbocycles. The number of amides is 4. The van der Waals surface area contributed by atoms with E-state index in [4.69, 9.17) is 4.74 Å². The minimum Gasteiger partial charge on any atom is -0.494 e. The average molecular weight is 443 g/mol. The first-order valence-corrected chi connectivity index (χ1v) is 9.25. The molecule has 13 heteroatoms. The minimum atomic E-state index is -0.650. The van der Waals surface area contributed by atoms with E-state index in [1.807, 2.05) is 0 Å². The van der Waals surface area contributed by atoms with Gasteiger partial charge in [0.2, 0.25) is 0 Å². The highest BCUT2D eigenvalue weighted by atomic mass is 16.6. The molecule has 1 aliphatic rings. The van der Waals surface area contributed by atoms with Gasteiger partial charge in [-0.15, -0.1) is 0 Å². The molecular formula is C19H17N5O8. The van der Waals surface area contributed by atoms with Crippen LogP contribution in [0, 0.1) is 20.2 Å². The van der Waals surface area contributed by atoms with Gasteiger partial charge < -0.3 is 15.4 Å². The zero-order valence-electron chi connectivity index (χ0n) is 16.7. The van der Waals surface area contributed by atoms with Gasteiger partial charge in [0, 0.05) is 31.3 Å². The maximum Gasteiger partial charge on any atom is 0.319 e. The molecule has 0 atom stereocenters. The van der Waals surface area contributed by atoms with Gasteiger partial charge in [-0.25, -0.2) is 4.79 Å². The predicted octanol–water partition coefficient (Wildman–Crippen LogP) is 2.32. The number of nitro benzene ring substituents is 2. The van der Waals surface area contributed by atoms with Gasteiger partial charge in [-0.2, -0.15) is 0 Å². The van der Waals surface area contributed by atoms with Crippen LogP contribution >= 0.6 is 0 Å². The molecule has 1 heterocycles. The van der Waals surface area contributed by atoms with E-state index in [0.717, 1.165) is 17.0 Å². The Hall–Kier alpha value is -4.55. The first-order valence-electron chi connectivity index (χ1n) is 9.25. The summed E-state index contributed by atoms with van der Waals surface area (Å²) in [5.41, 5.74) is -0.194. The number of carbonyl (C=O) groups excluding carboxylic acids is 3. The molecule has 0 unspecified atom stereocenters. The number of urea groups is 1. The first-order chi connectivity index (χ1) is 15.2. The Balaban J connectivity index is 1.53. The number of fused-ring (bicyclic) bond motifs is 1. The van der Waals surface area contributed by atoms with Crippen molar-refractivity contribution in [1.82, 2.24) is 10.2 Å². The summed E-state index contributed by atoms with van der Waals surface area (Å²) >= 11 is 0. The number of anilines is 1. The number of benzene rings is 2. The maximum absolute atomic E-state index is 12.4. The Morgan fingerprint density at radius 3 is 2.28 bits per heavy atom. The normalized spacial score (nSPS) is 12.3. The average Bonchev–Trinajstić information content (AvgIpc) is 3.00. The van der Waals surface area contributed by atoms with E-state index >= 15 is 0 Å². The van der Waals surface area contributed by atoms with Crippen LogP contribution < -0.4 is 15.4 Å². The number of nitrogens with one attached hydrogen (secondary N) is 2. The van der Waals surface area contributed by atoms with Crippen molar-refractivity contribution in [3.05, 3.63) is 67.8 Å². The SMILES string of the molecule is COc1cc([N+](=O)[O-])ccc1NC(=O)NCCCN1C(=O)c2ccc([N+](=O)[O-])cc2C1=O. The molecule has 32 heavy (non-hydrogen) atoms. The smallest absolute Gasteiger partial charge is 0.319 e. The van der Waals surface area contributed by atoms with Crippen molar-refractivity contribution in [2.45, 2.75) is 6.42 Å². The summed E-state index contributed by atoms with van der Waals surface area (Å²) in [5.74, 6) is -1.08. The fraction of sp³-hybridized carbons (Fsp3) is 0.211. The second kappa shape index (κ2) is 9.07. The van der Waals surface area contributed by atoms with E-state index < -0.39 is 27.7 Å². The fourth-order valence-electron chi connectivity index (χ4n) is 3.10. The number of rotatable bonds is 8. The van der Waals surface area contributed by atoms with Gasteiger partial charge in [-0.05, 0) is 18.6 Å². The van der Waals surface area contributed by atoms with E-state index in [1.165, 1.54) is 31.4 Å². The first kappa shape index (κ1) is 22.1. The van der Waals surface area contributed by atoms with E-state index in [9.17, 15) is 34.6 Å². The molecule has 166 valence electrons. The molecule has 13 nitrogen and oxygen atoms in total. The van der Waals surface area contributed by atoms with Crippen LogP contribution in [0.2, 0.25) is 0 Å². The summed E-state index contributed by atoms with van der Waals surface area (Å²) in [6.07, 6.45) is 0.235. The molecular weight excluding hydrogens is 426 g/mol. The molecule has 0 spiro atoms. The summed E-state index contributed by atoms with van der Waals surface area (Å²) in [7, 11) is 1.30. The summed E-state index contributed by atoms with van der Waals surface area (Å²) in [4.78, 5) is 58.3. The number of nitro groups is 2. The van der Waals surface area contributed by atoms with Crippen LogP contribution in [0.1, 0.15) is 27.1 Å². The summed E-state index contributed by atoms with van der Waals surface area (Å²) in [5, 5.41) is 26.7. The number of carbonyl (C=O) groups is 3. The van der Waals surface area contributed by atoms with Crippen molar-refractivity contribution >= 4 is 34.9 Å². The van der Waals surface area contributed by atoms with Gasteiger partial charge in [-0.3, -0.25) is 34.7 Å². The van der Waals surface area contributed by atoms with Crippen molar-refractivity contribution in [2.24, 2.45) is 0 Å². The van der Waals surface area contributed by atoms with E-state index in [-0.39, 0.29) is 53.4 Å². The van der Waals surface area contributed by atoms with E-state index in [0.29, 0.717) is 0 Å². The second-order valence-electron chi connectivity index (χ2n) is 6.63. The largest absolute Gasteiger partial charge is 0.494 e. The van der Waals surface area contributed by atoms with Crippen molar-refractivity contribution in [3.63, 3.8) is 0 Å². The molecule has 0 saturated heterocycles. The molecule has 1 aliphatic heterocycles. The molecule has 2 aromatic rings. The fourth-order valence-corrected chi connectivity index (χ4v) is 3.10. The highest BCUT2D eigenvalue weighted by Crippen LogP contribution is 2.29. The lowest BCUT2D eigenvalue weighted by Crippen LogP contribution is -2.35. The number of hydrogen-bond donors (Lipinski definition) is 2. The Morgan fingerprint density at radius 2 is 1.62 bits per heavy atom. The quantitative estimate of drug-likeness (QED) is 0.270. The van der Waals surface area contributed by atoms with Crippen LogP contribution in [0.3, 0.4) is 0 Å². The van der Waals surface area contributed by atoms with Gasteiger partial charge in [0.25, 0.3) is 23.2 Å². The van der Waals surface area contributed by atoms with E-state index in [1.54, 1.807) is 0 Å². The van der Waals surface area contributed by atoms with Crippen LogP contribution in [-0.2, 0) is 0 Å². The highest BCUT2D eigenvalue weighted by Gasteiger charge is 2.36. The van der Waals surface area contributed by atoms with Crippen molar-refractivity contribution in [2.75, 3.05) is 25.5 Å². The third-order valence-corrected chi connectivity index (χ3v) is 4.65. The topological polar surface area (TPSA) is 174 Å². The molecule has 3 rings (SSSR count). The van der Waals surface area contributed by atoms with Gasteiger partial charge in [0.1, 0.15) is 5.75 Å². The Morgan fingerprint density at radius 1 is 1.00 bits per heavy atom. The van der Waals surface area contributed by atoms with Crippen molar-refractivity contribution in [3.8, 4) is 5.75 Å². The van der Waals surface area contributed by atoms with Gasteiger partial charge in [0.05, 0.1) is 39.8 Å². The number of imide groups is 1. The monoisotopic (exact) mass is 443 g/mol. The molecule has 4 amide bonds. The van der Waals surface area contributed by atoms with Crippen LogP contribution in [0.5, 0.6) is 5.75 Å². The number of methoxy groups -OCH3 is 1. The summed E-state index contributed by atoms with van der Waals surface area (Å²) in [6.45, 7) is 0.107. The lowest BCUT2D eigenvalue weighted by molar-refractivity contribution is -0.385. The molecule has 2 aromatic carbocycles. The second-order valence-corrected chi connectivity index (χ2v) is 6.63. The van der Waals surface area contributed by atoms with Crippen LogP contribution in [0.4, 0.5) is 21.9 Å². The summed E-state index contributed by atoms with van der Waals surface area (Å²) < 4.78 is 5.04. The number of nitrogens with zero attached hydrogens (tertiary/aromatic N) is 3. The lowest BCUT2D eigenvalue weighted by Gasteiger charge is -2.14. The van der Waals surface area contributed by atoms with Crippen LogP contribution in [0.25, 0.3) is 0 Å². The van der Waals surface area contributed by atoms with Crippen molar-refractivity contribution in [1.29, 1.82) is 0 Å². The zero-order chi connectivity index (χ0) is 23.4. The third kappa shape index (κ3) is 4.45. The Labute approximate surface area is 180 Å². The molecule has 0 aromatic heterocycles. The van der Waals surface area contributed by atoms with Crippen LogP contribution in [-0.4, -0.2) is 52.8 Å². The zero-order valence-corrected chi connectivity index (χ0v) is 16.7. The molecule has 2 N–H and O–H groups in total. The molecule has 0 radical (unpaired) electrons. The highest BCUT2D eigenvalue weighted by molar-refractivity contribution is 6.21. The van der Waals surface area contributed by atoms with Gasteiger partial charge in [0.15, 0.2) is 0 Å². The standard InChI is InChI=1S/C19H17N5O8/c1-32-16-10-12(24(30)31)4-6-15(16)21-19(27)20-7-2-8-22-17(25)13-5-3-11(23(28)29)9-14(13)18(22)26/h3-6,9-10H,2,7-8H2,1H3,(H2,20,21,27). The van der Waals surface area contributed by atoms with E-state index in [2.05, 4.69) is 10.6 Å². The number of hydrogen-bond acceptors (Lipinski definition) is 8. The number of non-ortho nitro benzene ring substituents is 2. The number of ether oxygens (including phenoxy) is 1. The third-order valence-electron chi connectivity index (χ3n) is 4.65. The molecule has 0 saturated carbocycles. The predicted molar refractivity (Wildman–Crippen MR) is 110 cm³/mol. The van der Waals surface area contributed by atoms with Crippen molar-refractivity contribution < 1.29 is 29.0 Å². The Kier molecular flexibility index (Phi) is 6.28. The van der Waals surface area contributed by atoms with Crippen LogP contribution in [0.15, 0.2) is 36.4 Å². The molecule has 0 fully saturated rings. The van der Waals surface area contributed by atoms with Gasteiger partial charge >= 0.3 is 6.03 Å². The minimum absolute atomic E-state index is 0.00127. The summed E-state index contributed by atoms with van der Waals surface area (Å²) in [6, 6.07) is 6.57.